The predicted molar refractivity (Wildman–Crippen MR) is 105 cm³/mol. The second-order valence-electron chi connectivity index (χ2n) is 7.03. The first-order valence-electron chi connectivity index (χ1n) is 8.88. The standard InChI is InChI=1S/C20H23N5O2/c1-11(2)17-9-14(15-10-22-25(12(3)4)19(15)23-17)20(27)24-16-8-6-5-7-13(16)18(21)26/h5-12H,1-4H3,(H2,21,26)(H,24,27). The number of hydrogen-bond donors (Lipinski definition) is 2. The molecule has 3 aromatic rings. The number of amides is 2. The number of fused-ring (bicyclic) bond motifs is 1. The van der Waals surface area contributed by atoms with Crippen molar-refractivity contribution in [3.63, 3.8) is 0 Å². The summed E-state index contributed by atoms with van der Waals surface area (Å²) < 4.78 is 1.80. The number of primary amides is 1. The van der Waals surface area contributed by atoms with E-state index in [1.54, 1.807) is 41.2 Å². The first-order chi connectivity index (χ1) is 12.8. The molecule has 0 radical (unpaired) electrons. The summed E-state index contributed by atoms with van der Waals surface area (Å²) in [5.41, 5.74) is 7.99. The van der Waals surface area contributed by atoms with E-state index in [0.717, 1.165) is 5.69 Å². The van der Waals surface area contributed by atoms with Crippen LogP contribution in [0.3, 0.4) is 0 Å². The molecule has 3 N–H and O–H groups in total. The molecule has 0 atom stereocenters. The average molecular weight is 365 g/mol. The topological polar surface area (TPSA) is 103 Å². The number of hydrogen-bond acceptors (Lipinski definition) is 4. The largest absolute Gasteiger partial charge is 0.366 e. The Balaban J connectivity index is 2.10. The van der Waals surface area contributed by atoms with Crippen LogP contribution in [0.5, 0.6) is 0 Å². The maximum Gasteiger partial charge on any atom is 0.256 e. The van der Waals surface area contributed by atoms with E-state index in [2.05, 4.69) is 10.4 Å². The molecule has 0 aliphatic carbocycles. The van der Waals surface area contributed by atoms with Gasteiger partial charge in [0.25, 0.3) is 11.8 Å². The summed E-state index contributed by atoms with van der Waals surface area (Å²) in [7, 11) is 0. The Hall–Kier alpha value is -3.22. The quantitative estimate of drug-likeness (QED) is 0.722. The molecule has 0 unspecified atom stereocenters. The summed E-state index contributed by atoms with van der Waals surface area (Å²) in [6.45, 7) is 8.07. The van der Waals surface area contributed by atoms with Crippen molar-refractivity contribution in [2.75, 3.05) is 5.32 Å². The number of aromatic nitrogens is 3. The number of pyridine rings is 1. The molecular formula is C20H23N5O2. The van der Waals surface area contributed by atoms with Gasteiger partial charge in [-0.3, -0.25) is 9.59 Å². The molecule has 140 valence electrons. The fourth-order valence-electron chi connectivity index (χ4n) is 2.90. The highest BCUT2D eigenvalue weighted by Gasteiger charge is 2.20. The Morgan fingerprint density at radius 2 is 1.81 bits per heavy atom. The third-order valence-corrected chi connectivity index (χ3v) is 4.35. The second kappa shape index (κ2) is 7.19. The Bertz CT molecular complexity index is 1020. The lowest BCUT2D eigenvalue weighted by Crippen LogP contribution is -2.19. The van der Waals surface area contributed by atoms with Crippen molar-refractivity contribution in [2.24, 2.45) is 5.73 Å². The zero-order valence-electron chi connectivity index (χ0n) is 15.9. The van der Waals surface area contributed by atoms with E-state index >= 15 is 0 Å². The maximum absolute atomic E-state index is 13.0. The predicted octanol–water partition coefficient (Wildman–Crippen LogP) is 3.49. The highest BCUT2D eigenvalue weighted by atomic mass is 16.2. The van der Waals surface area contributed by atoms with Crippen LogP contribution in [0.1, 0.15) is 66.1 Å². The summed E-state index contributed by atoms with van der Waals surface area (Å²) in [5, 5.41) is 7.86. The molecule has 0 bridgehead atoms. The molecule has 3 rings (SSSR count). The van der Waals surface area contributed by atoms with Crippen LogP contribution in [0.4, 0.5) is 5.69 Å². The molecule has 0 spiro atoms. The molecule has 0 aliphatic heterocycles. The van der Waals surface area contributed by atoms with Crippen LogP contribution >= 0.6 is 0 Å². The highest BCUT2D eigenvalue weighted by molar-refractivity contribution is 6.14. The number of benzene rings is 1. The zero-order chi connectivity index (χ0) is 19.7. The zero-order valence-corrected chi connectivity index (χ0v) is 15.9. The van der Waals surface area contributed by atoms with Gasteiger partial charge >= 0.3 is 0 Å². The molecule has 2 heterocycles. The van der Waals surface area contributed by atoms with Crippen LogP contribution < -0.4 is 11.1 Å². The van der Waals surface area contributed by atoms with Gasteiger partial charge in [0.1, 0.15) is 0 Å². The lowest BCUT2D eigenvalue weighted by Gasteiger charge is -2.13. The Morgan fingerprint density at radius 3 is 2.44 bits per heavy atom. The van der Waals surface area contributed by atoms with Gasteiger partial charge in [-0.2, -0.15) is 5.10 Å². The summed E-state index contributed by atoms with van der Waals surface area (Å²) in [6.07, 6.45) is 1.65. The Morgan fingerprint density at radius 1 is 1.11 bits per heavy atom. The van der Waals surface area contributed by atoms with Gasteiger partial charge in [-0.1, -0.05) is 26.0 Å². The van der Waals surface area contributed by atoms with E-state index in [4.69, 9.17) is 10.7 Å². The van der Waals surface area contributed by atoms with E-state index in [9.17, 15) is 9.59 Å². The monoisotopic (exact) mass is 365 g/mol. The second-order valence-corrected chi connectivity index (χ2v) is 7.03. The SMILES string of the molecule is CC(C)c1cc(C(=O)Nc2ccccc2C(N)=O)c2cnn(C(C)C)c2n1. The summed E-state index contributed by atoms with van der Waals surface area (Å²) in [5.74, 6) is -0.781. The fraction of sp³-hybridized carbons (Fsp3) is 0.300. The van der Waals surface area contributed by atoms with Crippen molar-refractivity contribution in [1.82, 2.24) is 14.8 Å². The smallest absolute Gasteiger partial charge is 0.256 e. The fourth-order valence-corrected chi connectivity index (χ4v) is 2.90. The molecule has 0 saturated heterocycles. The minimum atomic E-state index is -0.596. The molecule has 0 fully saturated rings. The van der Waals surface area contributed by atoms with E-state index in [-0.39, 0.29) is 23.4 Å². The van der Waals surface area contributed by atoms with E-state index in [0.29, 0.717) is 22.3 Å². The third-order valence-electron chi connectivity index (χ3n) is 4.35. The van der Waals surface area contributed by atoms with Crippen molar-refractivity contribution < 1.29 is 9.59 Å². The number of rotatable bonds is 5. The van der Waals surface area contributed by atoms with Gasteiger partial charge < -0.3 is 11.1 Å². The van der Waals surface area contributed by atoms with Gasteiger partial charge in [-0.25, -0.2) is 9.67 Å². The van der Waals surface area contributed by atoms with E-state index < -0.39 is 5.91 Å². The van der Waals surface area contributed by atoms with Crippen LogP contribution in [-0.2, 0) is 0 Å². The first kappa shape index (κ1) is 18.6. The molecule has 0 aliphatic rings. The molecule has 0 saturated carbocycles. The molecule has 7 heteroatoms. The Kier molecular flexibility index (Phi) is 4.94. The van der Waals surface area contributed by atoms with Gasteiger partial charge in [0.15, 0.2) is 5.65 Å². The lowest BCUT2D eigenvalue weighted by molar-refractivity contribution is 0.100. The average Bonchev–Trinajstić information content (AvgIpc) is 3.05. The van der Waals surface area contributed by atoms with Crippen LogP contribution in [0.15, 0.2) is 36.5 Å². The van der Waals surface area contributed by atoms with E-state index in [1.165, 1.54) is 0 Å². The number of carbonyl (C=O) groups is 2. The number of para-hydroxylation sites is 1. The van der Waals surface area contributed by atoms with Crippen molar-refractivity contribution in [3.05, 3.63) is 53.3 Å². The van der Waals surface area contributed by atoms with Crippen molar-refractivity contribution in [3.8, 4) is 0 Å². The highest BCUT2D eigenvalue weighted by Crippen LogP contribution is 2.25. The number of nitrogens with one attached hydrogen (secondary N) is 1. The summed E-state index contributed by atoms with van der Waals surface area (Å²) in [4.78, 5) is 29.3. The maximum atomic E-state index is 13.0. The number of carbonyl (C=O) groups excluding carboxylic acids is 2. The molecular weight excluding hydrogens is 342 g/mol. The van der Waals surface area contributed by atoms with Crippen LogP contribution in [0.25, 0.3) is 11.0 Å². The number of nitrogens with two attached hydrogens (primary N) is 1. The van der Waals surface area contributed by atoms with Gasteiger partial charge in [-0.05, 0) is 38.0 Å². The van der Waals surface area contributed by atoms with E-state index in [1.807, 2.05) is 27.7 Å². The van der Waals surface area contributed by atoms with Gasteiger partial charge in [0.2, 0.25) is 0 Å². The van der Waals surface area contributed by atoms with Gasteiger partial charge in [0.05, 0.1) is 28.4 Å². The van der Waals surface area contributed by atoms with Crippen molar-refractivity contribution >= 4 is 28.5 Å². The molecule has 27 heavy (non-hydrogen) atoms. The Labute approximate surface area is 157 Å². The van der Waals surface area contributed by atoms with Crippen molar-refractivity contribution in [2.45, 2.75) is 39.7 Å². The summed E-state index contributed by atoms with van der Waals surface area (Å²) >= 11 is 0. The summed E-state index contributed by atoms with van der Waals surface area (Å²) in [6, 6.07) is 8.56. The molecule has 2 aromatic heterocycles. The minimum Gasteiger partial charge on any atom is -0.366 e. The van der Waals surface area contributed by atoms with Crippen LogP contribution in [-0.4, -0.2) is 26.6 Å². The molecule has 2 amide bonds. The number of anilines is 1. The third kappa shape index (κ3) is 3.53. The molecule has 1 aromatic carbocycles. The van der Waals surface area contributed by atoms with Crippen molar-refractivity contribution in [1.29, 1.82) is 0 Å². The first-order valence-corrected chi connectivity index (χ1v) is 8.88. The minimum absolute atomic E-state index is 0.115. The number of nitrogens with zero attached hydrogens (tertiary/aromatic N) is 3. The molecule has 7 nitrogen and oxygen atoms in total. The normalized spacial score (nSPS) is 11.3. The van der Waals surface area contributed by atoms with Gasteiger partial charge in [0, 0.05) is 11.7 Å². The lowest BCUT2D eigenvalue weighted by atomic mass is 10.0. The van der Waals surface area contributed by atoms with Gasteiger partial charge in [-0.15, -0.1) is 0 Å². The van der Waals surface area contributed by atoms with Crippen LogP contribution in [0.2, 0.25) is 0 Å². The van der Waals surface area contributed by atoms with Crippen LogP contribution in [0, 0.1) is 0 Å².